The minimum Gasteiger partial charge on any atom is -0.478 e. The van der Waals surface area contributed by atoms with E-state index in [2.05, 4.69) is 14.9 Å². The van der Waals surface area contributed by atoms with Crippen LogP contribution in [0.4, 0.5) is 5.82 Å². The van der Waals surface area contributed by atoms with Crippen molar-refractivity contribution >= 4 is 33.1 Å². The van der Waals surface area contributed by atoms with E-state index in [4.69, 9.17) is 5.11 Å². The first-order chi connectivity index (χ1) is 9.59. The molecule has 0 amide bonds. The quantitative estimate of drug-likeness (QED) is 0.796. The van der Waals surface area contributed by atoms with Crippen LogP contribution >= 0.6 is 11.3 Å². The fourth-order valence-electron chi connectivity index (χ4n) is 1.52. The maximum atomic E-state index is 12.1. The Bertz CT molecular complexity index is 769. The molecule has 2 rings (SSSR count). The highest BCUT2D eigenvalue weighted by atomic mass is 32.2. The van der Waals surface area contributed by atoms with E-state index < -0.39 is 16.0 Å². The number of thiophene rings is 1. The molecule has 7 nitrogen and oxygen atoms in total. The first-order valence-electron chi connectivity index (χ1n) is 6.00. The minimum absolute atomic E-state index is 0.0576. The number of hydrogen-bond acceptors (Lipinski definition) is 5. The Morgan fingerprint density at radius 2 is 2.05 bits per heavy atom. The van der Waals surface area contributed by atoms with Gasteiger partial charge in [0.1, 0.15) is 4.21 Å². The number of rotatable bonds is 4. The van der Waals surface area contributed by atoms with E-state index in [1.807, 2.05) is 20.8 Å². The predicted molar refractivity (Wildman–Crippen MR) is 79.4 cm³/mol. The molecule has 114 valence electrons. The van der Waals surface area contributed by atoms with E-state index in [1.165, 1.54) is 5.38 Å². The highest BCUT2D eigenvalue weighted by Gasteiger charge is 2.22. The normalized spacial score (nSPS) is 12.3. The summed E-state index contributed by atoms with van der Waals surface area (Å²) < 4.78 is 26.6. The molecular weight excluding hydrogens is 314 g/mol. The highest BCUT2D eigenvalue weighted by Crippen LogP contribution is 2.25. The lowest BCUT2D eigenvalue weighted by molar-refractivity contribution is 0.0697. The second-order valence-electron chi connectivity index (χ2n) is 5.48. The van der Waals surface area contributed by atoms with Crippen LogP contribution in [0.1, 0.15) is 36.8 Å². The van der Waals surface area contributed by atoms with Gasteiger partial charge < -0.3 is 5.11 Å². The maximum absolute atomic E-state index is 12.1. The molecule has 3 N–H and O–H groups in total. The Morgan fingerprint density at radius 3 is 2.52 bits per heavy atom. The number of anilines is 1. The van der Waals surface area contributed by atoms with Crippen molar-refractivity contribution in [2.24, 2.45) is 0 Å². The van der Waals surface area contributed by atoms with Crippen molar-refractivity contribution in [2.45, 2.75) is 30.4 Å². The van der Waals surface area contributed by atoms with Crippen molar-refractivity contribution in [3.63, 3.8) is 0 Å². The van der Waals surface area contributed by atoms with E-state index in [0.717, 1.165) is 23.1 Å². The molecule has 0 fully saturated rings. The summed E-state index contributed by atoms with van der Waals surface area (Å²) >= 11 is 0.847. The monoisotopic (exact) mass is 329 g/mol. The smallest absolute Gasteiger partial charge is 0.336 e. The van der Waals surface area contributed by atoms with Gasteiger partial charge >= 0.3 is 5.97 Å². The molecule has 2 aromatic heterocycles. The van der Waals surface area contributed by atoms with Gasteiger partial charge in [-0.25, -0.2) is 13.2 Å². The molecular formula is C12H15N3O4S2. The molecule has 21 heavy (non-hydrogen) atoms. The topological polar surface area (TPSA) is 112 Å². The van der Waals surface area contributed by atoms with Crippen LogP contribution in [0.2, 0.25) is 0 Å². The van der Waals surface area contributed by atoms with Crippen LogP contribution in [0.3, 0.4) is 0 Å². The number of carboxylic acids is 1. The molecule has 0 aliphatic heterocycles. The average molecular weight is 329 g/mol. The van der Waals surface area contributed by atoms with Gasteiger partial charge in [-0.1, -0.05) is 20.8 Å². The lowest BCUT2D eigenvalue weighted by atomic mass is 9.92. The second-order valence-corrected chi connectivity index (χ2v) is 8.30. The first kappa shape index (κ1) is 15.5. The van der Waals surface area contributed by atoms with Crippen LogP contribution in [0.5, 0.6) is 0 Å². The molecule has 0 radical (unpaired) electrons. The van der Waals surface area contributed by atoms with Gasteiger partial charge in [-0.15, -0.1) is 11.3 Å². The molecule has 0 saturated carbocycles. The predicted octanol–water partition coefficient (Wildman–Crippen LogP) is 2.27. The van der Waals surface area contributed by atoms with Crippen LogP contribution in [-0.4, -0.2) is 29.7 Å². The summed E-state index contributed by atoms with van der Waals surface area (Å²) in [6.45, 7) is 5.91. The summed E-state index contributed by atoms with van der Waals surface area (Å²) in [5.41, 5.74) is 0.547. The number of nitrogens with one attached hydrogen (secondary N) is 2. The third kappa shape index (κ3) is 3.42. The summed E-state index contributed by atoms with van der Waals surface area (Å²) in [7, 11) is -3.84. The third-order valence-electron chi connectivity index (χ3n) is 2.71. The third-order valence-corrected chi connectivity index (χ3v) is 5.51. The summed E-state index contributed by atoms with van der Waals surface area (Å²) in [6.07, 6.45) is 0. The Kier molecular flexibility index (Phi) is 3.81. The van der Waals surface area contributed by atoms with Crippen LogP contribution in [0.25, 0.3) is 0 Å². The van der Waals surface area contributed by atoms with Crippen LogP contribution in [0, 0.1) is 0 Å². The number of hydrogen-bond donors (Lipinski definition) is 3. The zero-order valence-electron chi connectivity index (χ0n) is 11.7. The van der Waals surface area contributed by atoms with Crippen molar-refractivity contribution in [3.05, 3.63) is 28.8 Å². The molecule has 2 aromatic rings. The summed E-state index contributed by atoms with van der Waals surface area (Å²) in [4.78, 5) is 10.8. The number of sulfonamides is 1. The maximum Gasteiger partial charge on any atom is 0.336 e. The van der Waals surface area contributed by atoms with E-state index >= 15 is 0 Å². The number of aromatic amines is 1. The molecule has 0 aromatic carbocycles. The number of carboxylic acid groups (broad SMARTS) is 1. The highest BCUT2D eigenvalue weighted by molar-refractivity contribution is 7.94. The molecule has 0 aliphatic rings. The van der Waals surface area contributed by atoms with E-state index in [9.17, 15) is 13.2 Å². The Labute approximate surface area is 126 Å². The molecule has 0 unspecified atom stereocenters. The summed E-state index contributed by atoms with van der Waals surface area (Å²) in [5.74, 6) is -0.993. The molecule has 0 bridgehead atoms. The van der Waals surface area contributed by atoms with E-state index in [1.54, 1.807) is 6.07 Å². The van der Waals surface area contributed by atoms with Crippen molar-refractivity contribution in [2.75, 3.05) is 4.72 Å². The van der Waals surface area contributed by atoms with Crippen molar-refractivity contribution in [3.8, 4) is 0 Å². The molecule has 0 aliphatic carbocycles. The van der Waals surface area contributed by atoms with Gasteiger partial charge in [0.2, 0.25) is 0 Å². The van der Waals surface area contributed by atoms with Crippen molar-refractivity contribution in [1.82, 2.24) is 10.2 Å². The molecule has 0 saturated heterocycles. The number of aromatic carboxylic acids is 1. The average Bonchev–Trinajstić information content (AvgIpc) is 2.94. The molecule has 0 spiro atoms. The Balaban J connectivity index is 2.24. The van der Waals surface area contributed by atoms with Crippen molar-refractivity contribution in [1.29, 1.82) is 0 Å². The van der Waals surface area contributed by atoms with Gasteiger partial charge in [-0.05, 0) is 6.07 Å². The van der Waals surface area contributed by atoms with Crippen LogP contribution in [-0.2, 0) is 15.4 Å². The molecule has 0 atom stereocenters. The van der Waals surface area contributed by atoms with Gasteiger partial charge in [-0.3, -0.25) is 9.82 Å². The fourth-order valence-corrected chi connectivity index (χ4v) is 3.66. The lowest BCUT2D eigenvalue weighted by Gasteiger charge is -2.14. The van der Waals surface area contributed by atoms with Crippen LogP contribution < -0.4 is 4.72 Å². The summed E-state index contributed by atoms with van der Waals surface area (Å²) in [5, 5.41) is 16.8. The SMILES string of the molecule is CC(C)(C)c1cc(NS(=O)(=O)c2cc(C(=O)O)cs2)n[nH]1. The van der Waals surface area contributed by atoms with Crippen molar-refractivity contribution < 1.29 is 18.3 Å². The first-order valence-corrected chi connectivity index (χ1v) is 8.36. The summed E-state index contributed by atoms with van der Waals surface area (Å²) in [6, 6.07) is 2.73. The number of nitrogens with zero attached hydrogens (tertiary/aromatic N) is 1. The zero-order valence-corrected chi connectivity index (χ0v) is 13.3. The van der Waals surface area contributed by atoms with E-state index in [0.29, 0.717) is 0 Å². The number of carbonyl (C=O) groups is 1. The van der Waals surface area contributed by atoms with Gasteiger partial charge in [-0.2, -0.15) is 5.10 Å². The Hall–Kier alpha value is -1.87. The van der Waals surface area contributed by atoms with Gasteiger partial charge in [0.25, 0.3) is 10.0 Å². The standard InChI is InChI=1S/C12H15N3O4S2/c1-12(2,3)8-5-9(14-13-8)15-21(18,19)10-4-7(6-20-10)11(16)17/h4-6H,1-3H3,(H,16,17)(H2,13,14,15). The Morgan fingerprint density at radius 1 is 1.38 bits per heavy atom. The molecule has 9 heteroatoms. The number of aromatic nitrogens is 2. The number of H-pyrrole nitrogens is 1. The van der Waals surface area contributed by atoms with Crippen LogP contribution in [0.15, 0.2) is 21.7 Å². The van der Waals surface area contributed by atoms with Gasteiger partial charge in [0.15, 0.2) is 5.82 Å². The largest absolute Gasteiger partial charge is 0.478 e. The molecule has 2 heterocycles. The zero-order chi connectivity index (χ0) is 15.8. The van der Waals surface area contributed by atoms with Gasteiger partial charge in [0.05, 0.1) is 5.56 Å². The van der Waals surface area contributed by atoms with Gasteiger partial charge in [0, 0.05) is 22.6 Å². The minimum atomic E-state index is -3.84. The lowest BCUT2D eigenvalue weighted by Crippen LogP contribution is -2.12. The fraction of sp³-hybridized carbons (Fsp3) is 0.333. The second kappa shape index (κ2) is 5.15. The van der Waals surface area contributed by atoms with E-state index in [-0.39, 0.29) is 21.0 Å².